The first-order valence-corrected chi connectivity index (χ1v) is 4.49. The van der Waals surface area contributed by atoms with Crippen LogP contribution in [-0.2, 0) is 11.3 Å². The summed E-state index contributed by atoms with van der Waals surface area (Å²) in [6.45, 7) is 1.06. The summed E-state index contributed by atoms with van der Waals surface area (Å²) in [6.07, 6.45) is 1.68. The highest BCUT2D eigenvalue weighted by molar-refractivity contribution is 5.02. The van der Waals surface area contributed by atoms with Gasteiger partial charge < -0.3 is 15.2 Å². The molecular weight excluding hydrogens is 184 g/mol. The summed E-state index contributed by atoms with van der Waals surface area (Å²) >= 11 is 0. The van der Waals surface area contributed by atoms with E-state index in [0.29, 0.717) is 13.2 Å². The van der Waals surface area contributed by atoms with Crippen LogP contribution in [0.5, 0.6) is 0 Å². The SMILES string of the molecule is CNC(COC)c1cnnn1CCO. The van der Waals surface area contributed by atoms with Crippen molar-refractivity contribution in [3.63, 3.8) is 0 Å². The van der Waals surface area contributed by atoms with E-state index in [1.165, 1.54) is 0 Å². The van der Waals surface area contributed by atoms with Crippen molar-refractivity contribution in [3.8, 4) is 0 Å². The van der Waals surface area contributed by atoms with Gasteiger partial charge >= 0.3 is 0 Å². The smallest absolute Gasteiger partial charge is 0.0781 e. The van der Waals surface area contributed by atoms with Crippen LogP contribution < -0.4 is 5.32 Å². The first kappa shape index (κ1) is 11.1. The van der Waals surface area contributed by atoms with Gasteiger partial charge in [0.25, 0.3) is 0 Å². The summed E-state index contributed by atoms with van der Waals surface area (Å²) in [5.74, 6) is 0. The number of likely N-dealkylation sites (N-methyl/N-ethyl adjacent to an activating group) is 1. The number of aromatic nitrogens is 3. The Bertz CT molecular complexity index is 264. The van der Waals surface area contributed by atoms with Gasteiger partial charge in [0, 0.05) is 7.11 Å². The number of aliphatic hydroxyl groups is 1. The molecule has 0 aromatic carbocycles. The molecule has 1 atom stereocenters. The highest BCUT2D eigenvalue weighted by atomic mass is 16.5. The molecule has 0 radical (unpaired) electrons. The molecule has 14 heavy (non-hydrogen) atoms. The molecule has 1 unspecified atom stereocenters. The minimum Gasteiger partial charge on any atom is -0.394 e. The molecule has 0 saturated heterocycles. The Labute approximate surface area is 82.9 Å². The number of nitrogens with zero attached hydrogens (tertiary/aromatic N) is 3. The van der Waals surface area contributed by atoms with Crippen LogP contribution in [0.15, 0.2) is 6.20 Å². The summed E-state index contributed by atoms with van der Waals surface area (Å²) in [5, 5.41) is 19.6. The van der Waals surface area contributed by atoms with E-state index < -0.39 is 0 Å². The van der Waals surface area contributed by atoms with Crippen molar-refractivity contribution in [2.24, 2.45) is 0 Å². The van der Waals surface area contributed by atoms with Gasteiger partial charge in [0.15, 0.2) is 0 Å². The Morgan fingerprint density at radius 3 is 3.07 bits per heavy atom. The Morgan fingerprint density at radius 2 is 2.50 bits per heavy atom. The van der Waals surface area contributed by atoms with Crippen molar-refractivity contribution in [3.05, 3.63) is 11.9 Å². The predicted molar refractivity (Wildman–Crippen MR) is 50.8 cm³/mol. The fourth-order valence-corrected chi connectivity index (χ4v) is 1.29. The maximum Gasteiger partial charge on any atom is 0.0781 e. The normalized spacial score (nSPS) is 13.1. The van der Waals surface area contributed by atoms with Crippen molar-refractivity contribution in [2.45, 2.75) is 12.6 Å². The Balaban J connectivity index is 2.74. The fraction of sp³-hybridized carbons (Fsp3) is 0.750. The van der Waals surface area contributed by atoms with Gasteiger partial charge in [-0.05, 0) is 7.05 Å². The number of hydrogen-bond donors (Lipinski definition) is 2. The second kappa shape index (κ2) is 5.69. The van der Waals surface area contributed by atoms with Crippen LogP contribution in [0.2, 0.25) is 0 Å². The molecule has 0 bridgehead atoms. The molecule has 6 heteroatoms. The van der Waals surface area contributed by atoms with Crippen molar-refractivity contribution in [2.75, 3.05) is 27.4 Å². The van der Waals surface area contributed by atoms with E-state index in [1.807, 2.05) is 7.05 Å². The minimum absolute atomic E-state index is 0.0553. The number of nitrogens with one attached hydrogen (secondary N) is 1. The Kier molecular flexibility index (Phi) is 4.51. The van der Waals surface area contributed by atoms with Gasteiger partial charge in [-0.25, -0.2) is 4.68 Å². The van der Waals surface area contributed by atoms with Gasteiger partial charge in [0.1, 0.15) is 0 Å². The molecule has 0 aliphatic carbocycles. The molecule has 2 N–H and O–H groups in total. The number of aliphatic hydroxyl groups excluding tert-OH is 1. The lowest BCUT2D eigenvalue weighted by Gasteiger charge is -2.15. The minimum atomic E-state index is 0.0553. The first-order chi connectivity index (χ1) is 6.83. The Hall–Kier alpha value is -0.980. The number of ether oxygens (including phenoxy) is 1. The average molecular weight is 200 g/mol. The van der Waals surface area contributed by atoms with Gasteiger partial charge in [0.2, 0.25) is 0 Å². The third-order valence-electron chi connectivity index (χ3n) is 2.00. The van der Waals surface area contributed by atoms with Gasteiger partial charge in [-0.15, -0.1) is 5.10 Å². The van der Waals surface area contributed by atoms with Gasteiger partial charge in [-0.1, -0.05) is 5.21 Å². The molecular formula is C8H16N4O2. The summed E-state index contributed by atoms with van der Waals surface area (Å²) in [6, 6.07) is 0.0570. The molecule has 0 saturated carbocycles. The Morgan fingerprint density at radius 1 is 1.71 bits per heavy atom. The molecule has 6 nitrogen and oxygen atoms in total. The molecule has 80 valence electrons. The van der Waals surface area contributed by atoms with E-state index in [2.05, 4.69) is 15.6 Å². The van der Waals surface area contributed by atoms with E-state index in [9.17, 15) is 0 Å². The molecule has 0 aliphatic rings. The number of rotatable bonds is 6. The maximum atomic E-state index is 8.81. The van der Waals surface area contributed by atoms with Crippen LogP contribution in [-0.4, -0.2) is 47.5 Å². The van der Waals surface area contributed by atoms with Crippen molar-refractivity contribution < 1.29 is 9.84 Å². The van der Waals surface area contributed by atoms with Crippen LogP contribution in [0.25, 0.3) is 0 Å². The molecule has 0 aliphatic heterocycles. The van der Waals surface area contributed by atoms with Crippen molar-refractivity contribution in [1.29, 1.82) is 0 Å². The standard InChI is InChI=1S/C8H16N4O2/c1-9-7(6-14-2)8-5-10-11-12(8)3-4-13/h5,7,9,13H,3-4,6H2,1-2H3. The van der Waals surface area contributed by atoms with E-state index in [1.54, 1.807) is 18.0 Å². The topological polar surface area (TPSA) is 72.2 Å². The third kappa shape index (κ3) is 2.50. The van der Waals surface area contributed by atoms with E-state index in [4.69, 9.17) is 9.84 Å². The highest BCUT2D eigenvalue weighted by Crippen LogP contribution is 2.10. The molecule has 0 spiro atoms. The van der Waals surface area contributed by atoms with Crippen LogP contribution >= 0.6 is 0 Å². The number of methoxy groups -OCH3 is 1. The number of hydrogen-bond acceptors (Lipinski definition) is 5. The van der Waals surface area contributed by atoms with Crippen LogP contribution in [0, 0.1) is 0 Å². The fourth-order valence-electron chi connectivity index (χ4n) is 1.29. The van der Waals surface area contributed by atoms with Crippen molar-refractivity contribution >= 4 is 0 Å². The second-order valence-corrected chi connectivity index (χ2v) is 2.90. The van der Waals surface area contributed by atoms with E-state index >= 15 is 0 Å². The van der Waals surface area contributed by atoms with Gasteiger partial charge in [0.05, 0.1) is 37.7 Å². The summed E-state index contributed by atoms with van der Waals surface area (Å²) in [5.41, 5.74) is 0.920. The lowest BCUT2D eigenvalue weighted by molar-refractivity contribution is 0.165. The van der Waals surface area contributed by atoms with Gasteiger partial charge in [-0.2, -0.15) is 0 Å². The molecule has 0 fully saturated rings. The summed E-state index contributed by atoms with van der Waals surface area (Å²) in [7, 11) is 3.49. The zero-order valence-electron chi connectivity index (χ0n) is 8.47. The lowest BCUT2D eigenvalue weighted by Crippen LogP contribution is -2.25. The first-order valence-electron chi connectivity index (χ1n) is 4.49. The third-order valence-corrected chi connectivity index (χ3v) is 2.00. The lowest BCUT2D eigenvalue weighted by atomic mass is 10.2. The predicted octanol–water partition coefficient (Wildman–Crippen LogP) is -0.823. The quantitative estimate of drug-likeness (QED) is 0.627. The van der Waals surface area contributed by atoms with Crippen LogP contribution in [0.3, 0.4) is 0 Å². The monoisotopic (exact) mass is 200 g/mol. The average Bonchev–Trinajstić information content (AvgIpc) is 2.63. The van der Waals surface area contributed by atoms with Crippen LogP contribution in [0.1, 0.15) is 11.7 Å². The highest BCUT2D eigenvalue weighted by Gasteiger charge is 2.14. The van der Waals surface area contributed by atoms with E-state index in [0.717, 1.165) is 5.69 Å². The summed E-state index contributed by atoms with van der Waals surface area (Å²) in [4.78, 5) is 0. The van der Waals surface area contributed by atoms with E-state index in [-0.39, 0.29) is 12.6 Å². The zero-order valence-corrected chi connectivity index (χ0v) is 8.47. The molecule has 1 heterocycles. The molecule has 0 amide bonds. The zero-order chi connectivity index (χ0) is 10.4. The second-order valence-electron chi connectivity index (χ2n) is 2.90. The molecule has 1 rings (SSSR count). The van der Waals surface area contributed by atoms with Gasteiger partial charge in [-0.3, -0.25) is 0 Å². The summed E-state index contributed by atoms with van der Waals surface area (Å²) < 4.78 is 6.72. The maximum absolute atomic E-state index is 8.81. The van der Waals surface area contributed by atoms with Crippen LogP contribution in [0.4, 0.5) is 0 Å². The van der Waals surface area contributed by atoms with Crippen molar-refractivity contribution in [1.82, 2.24) is 20.3 Å². The molecule has 1 aromatic heterocycles. The molecule has 1 aromatic rings. The largest absolute Gasteiger partial charge is 0.394 e.